The lowest BCUT2D eigenvalue weighted by Gasteiger charge is -2.37. The van der Waals surface area contributed by atoms with Crippen LogP contribution in [0.1, 0.15) is 26.5 Å². The number of aromatic nitrogens is 1. The number of benzene rings is 1. The zero-order valence-corrected chi connectivity index (χ0v) is 15.4. The Labute approximate surface area is 146 Å². The molecular formula is C18H23N3O2S. The third kappa shape index (κ3) is 2.86. The molecule has 0 radical (unpaired) electrons. The van der Waals surface area contributed by atoms with Crippen LogP contribution in [0.2, 0.25) is 0 Å². The SMILES string of the molecule is Cc1cccc(N2CCN(C(=O)c3sc(=O)n(C)c3C)CC2)c1C. The van der Waals surface area contributed by atoms with Crippen LogP contribution in [-0.4, -0.2) is 41.6 Å². The number of nitrogens with zero attached hydrogens (tertiary/aromatic N) is 3. The quantitative estimate of drug-likeness (QED) is 0.839. The number of rotatable bonds is 2. The molecule has 0 spiro atoms. The fourth-order valence-electron chi connectivity index (χ4n) is 3.09. The molecule has 24 heavy (non-hydrogen) atoms. The molecule has 3 rings (SSSR count). The van der Waals surface area contributed by atoms with E-state index in [1.165, 1.54) is 16.8 Å². The third-order valence-corrected chi connectivity index (χ3v) is 6.10. The molecular weight excluding hydrogens is 322 g/mol. The first-order chi connectivity index (χ1) is 11.4. The van der Waals surface area contributed by atoms with Crippen molar-refractivity contribution in [3.8, 4) is 0 Å². The topological polar surface area (TPSA) is 45.6 Å². The predicted molar refractivity (Wildman–Crippen MR) is 98.3 cm³/mol. The maximum absolute atomic E-state index is 12.7. The fraction of sp³-hybridized carbons (Fsp3) is 0.444. The third-order valence-electron chi connectivity index (χ3n) is 4.97. The Morgan fingerprint density at radius 3 is 2.33 bits per heavy atom. The summed E-state index contributed by atoms with van der Waals surface area (Å²) in [5, 5.41) is 0. The average molecular weight is 345 g/mol. The predicted octanol–water partition coefficient (Wildman–Crippen LogP) is 2.33. The van der Waals surface area contributed by atoms with Crippen LogP contribution in [0.4, 0.5) is 5.69 Å². The molecule has 128 valence electrons. The zero-order valence-electron chi connectivity index (χ0n) is 14.6. The molecule has 1 aliphatic rings. The van der Waals surface area contributed by atoms with Gasteiger partial charge >= 0.3 is 4.87 Å². The molecule has 1 aliphatic heterocycles. The average Bonchev–Trinajstić information content (AvgIpc) is 2.84. The van der Waals surface area contributed by atoms with Crippen LogP contribution in [0.25, 0.3) is 0 Å². The Bertz CT molecular complexity index is 829. The highest BCUT2D eigenvalue weighted by Gasteiger charge is 2.26. The van der Waals surface area contributed by atoms with Gasteiger partial charge < -0.3 is 14.4 Å². The van der Waals surface area contributed by atoms with E-state index in [1.807, 2.05) is 11.8 Å². The van der Waals surface area contributed by atoms with Gasteiger partial charge in [0.05, 0.1) is 0 Å². The van der Waals surface area contributed by atoms with Gasteiger partial charge in [0.1, 0.15) is 4.88 Å². The maximum Gasteiger partial charge on any atom is 0.307 e. The van der Waals surface area contributed by atoms with Crippen molar-refractivity contribution in [1.82, 2.24) is 9.47 Å². The lowest BCUT2D eigenvalue weighted by molar-refractivity contribution is 0.0750. The second-order valence-corrected chi connectivity index (χ2v) is 7.30. The molecule has 0 saturated carbocycles. The molecule has 5 nitrogen and oxygen atoms in total. The van der Waals surface area contributed by atoms with E-state index in [9.17, 15) is 9.59 Å². The smallest absolute Gasteiger partial charge is 0.307 e. The summed E-state index contributed by atoms with van der Waals surface area (Å²) in [5.74, 6) is -0.0178. The Morgan fingerprint density at radius 1 is 1.08 bits per heavy atom. The minimum Gasteiger partial charge on any atom is -0.368 e. The maximum atomic E-state index is 12.7. The number of hydrogen-bond acceptors (Lipinski definition) is 4. The largest absolute Gasteiger partial charge is 0.368 e. The summed E-state index contributed by atoms with van der Waals surface area (Å²) < 4.78 is 1.55. The summed E-state index contributed by atoms with van der Waals surface area (Å²) in [6.45, 7) is 9.10. The highest BCUT2D eigenvalue weighted by molar-refractivity contribution is 7.11. The summed E-state index contributed by atoms with van der Waals surface area (Å²) in [4.78, 5) is 29.2. The molecule has 1 fully saturated rings. The standard InChI is InChI=1S/C18H23N3O2S/c1-12-6-5-7-15(13(12)2)20-8-10-21(11-9-20)17(22)16-14(3)19(4)18(23)24-16/h5-7H,8-11H2,1-4H3. The van der Waals surface area contributed by atoms with Gasteiger partial charge in [0.15, 0.2) is 0 Å². The van der Waals surface area contributed by atoms with Gasteiger partial charge in [-0.2, -0.15) is 0 Å². The van der Waals surface area contributed by atoms with Gasteiger partial charge in [-0.05, 0) is 38.0 Å². The van der Waals surface area contributed by atoms with E-state index in [1.54, 1.807) is 11.6 Å². The monoisotopic (exact) mass is 345 g/mol. The number of carbonyl (C=O) groups excluding carboxylic acids is 1. The minimum atomic E-state index is -0.0788. The molecule has 0 N–H and O–H groups in total. The Morgan fingerprint density at radius 2 is 1.75 bits per heavy atom. The molecule has 0 aliphatic carbocycles. The van der Waals surface area contributed by atoms with Crippen LogP contribution in [0.3, 0.4) is 0 Å². The van der Waals surface area contributed by atoms with Crippen molar-refractivity contribution < 1.29 is 4.79 Å². The molecule has 1 aromatic carbocycles. The van der Waals surface area contributed by atoms with Crippen molar-refractivity contribution in [1.29, 1.82) is 0 Å². The number of thiazole rings is 1. The number of piperazine rings is 1. The van der Waals surface area contributed by atoms with Crippen molar-refractivity contribution in [2.24, 2.45) is 7.05 Å². The van der Waals surface area contributed by atoms with Gasteiger partial charge in [0.2, 0.25) is 0 Å². The first-order valence-electron chi connectivity index (χ1n) is 8.17. The zero-order chi connectivity index (χ0) is 17.4. The Hall–Kier alpha value is -2.08. The summed E-state index contributed by atoms with van der Waals surface area (Å²) in [6.07, 6.45) is 0. The van der Waals surface area contributed by atoms with E-state index in [0.717, 1.165) is 30.1 Å². The molecule has 2 aromatic rings. The Kier molecular flexibility index (Phi) is 4.49. The van der Waals surface area contributed by atoms with Gasteiger partial charge in [-0.15, -0.1) is 0 Å². The molecule has 2 heterocycles. The molecule has 1 saturated heterocycles. The first kappa shape index (κ1) is 16.8. The normalized spacial score (nSPS) is 15.0. The van der Waals surface area contributed by atoms with Gasteiger partial charge in [0.25, 0.3) is 5.91 Å². The molecule has 0 unspecified atom stereocenters. The lowest BCUT2D eigenvalue weighted by atomic mass is 10.1. The number of aryl methyl sites for hydroxylation is 1. The number of hydrogen-bond donors (Lipinski definition) is 0. The number of carbonyl (C=O) groups is 1. The Balaban J connectivity index is 1.73. The van der Waals surface area contributed by atoms with E-state index in [2.05, 4.69) is 36.9 Å². The van der Waals surface area contributed by atoms with E-state index in [4.69, 9.17) is 0 Å². The van der Waals surface area contributed by atoms with Gasteiger partial charge in [-0.25, -0.2) is 0 Å². The lowest BCUT2D eigenvalue weighted by Crippen LogP contribution is -2.49. The van der Waals surface area contributed by atoms with E-state index in [-0.39, 0.29) is 10.8 Å². The van der Waals surface area contributed by atoms with Crippen molar-refractivity contribution in [3.05, 3.63) is 49.6 Å². The van der Waals surface area contributed by atoms with Crippen LogP contribution in [0, 0.1) is 20.8 Å². The summed E-state index contributed by atoms with van der Waals surface area (Å²) in [5.41, 5.74) is 4.60. The highest BCUT2D eigenvalue weighted by Crippen LogP contribution is 2.24. The van der Waals surface area contributed by atoms with E-state index >= 15 is 0 Å². The highest BCUT2D eigenvalue weighted by atomic mass is 32.1. The second-order valence-electron chi connectivity index (χ2n) is 6.34. The van der Waals surface area contributed by atoms with Crippen molar-refractivity contribution in [2.45, 2.75) is 20.8 Å². The van der Waals surface area contributed by atoms with Crippen molar-refractivity contribution >= 4 is 22.9 Å². The second kappa shape index (κ2) is 6.43. The molecule has 0 bridgehead atoms. The van der Waals surface area contributed by atoms with Crippen molar-refractivity contribution in [3.63, 3.8) is 0 Å². The molecule has 1 amide bonds. The number of amides is 1. The fourth-order valence-corrected chi connectivity index (χ4v) is 4.04. The first-order valence-corrected chi connectivity index (χ1v) is 8.98. The number of anilines is 1. The molecule has 1 aromatic heterocycles. The summed E-state index contributed by atoms with van der Waals surface area (Å²) in [7, 11) is 1.71. The summed E-state index contributed by atoms with van der Waals surface area (Å²) >= 11 is 1.05. The van der Waals surface area contributed by atoms with Gasteiger partial charge in [-0.1, -0.05) is 23.5 Å². The minimum absolute atomic E-state index is 0.0178. The molecule has 6 heteroatoms. The van der Waals surface area contributed by atoms with Crippen LogP contribution >= 0.6 is 11.3 Å². The van der Waals surface area contributed by atoms with Gasteiger partial charge in [-0.3, -0.25) is 9.59 Å². The van der Waals surface area contributed by atoms with Gasteiger partial charge in [0, 0.05) is 44.6 Å². The van der Waals surface area contributed by atoms with Crippen LogP contribution in [0.5, 0.6) is 0 Å². The summed E-state index contributed by atoms with van der Waals surface area (Å²) in [6, 6.07) is 6.35. The van der Waals surface area contributed by atoms with E-state index in [0.29, 0.717) is 18.0 Å². The van der Waals surface area contributed by atoms with Crippen molar-refractivity contribution in [2.75, 3.05) is 31.1 Å². The van der Waals surface area contributed by atoms with Crippen LogP contribution in [-0.2, 0) is 7.05 Å². The van der Waals surface area contributed by atoms with Crippen LogP contribution < -0.4 is 9.77 Å². The van der Waals surface area contributed by atoms with E-state index < -0.39 is 0 Å². The van der Waals surface area contributed by atoms with Crippen LogP contribution in [0.15, 0.2) is 23.0 Å². The molecule has 0 atom stereocenters.